The van der Waals surface area contributed by atoms with E-state index in [2.05, 4.69) is 78.5 Å². The second kappa shape index (κ2) is 11.0. The Morgan fingerprint density at radius 2 is 1.78 bits per heavy atom. The lowest BCUT2D eigenvalue weighted by Gasteiger charge is -2.38. The molecule has 3 atom stereocenters. The van der Waals surface area contributed by atoms with Crippen molar-refractivity contribution in [2.24, 2.45) is 27.7 Å². The molecule has 0 aromatic carbocycles. The molecule has 2 rings (SSSR count). The largest absolute Gasteiger partial charge is 0.388 e. The van der Waals surface area contributed by atoms with Crippen molar-refractivity contribution >= 4 is 29.4 Å². The van der Waals surface area contributed by atoms with Gasteiger partial charge in [-0.05, 0) is 54.2 Å². The topological polar surface area (TPSA) is 35.8 Å². The SMILES string of the molecule is CC(C)N(CC/N=C/C1=CC(C(C)(C)C)=CC(C(C)(C)C)C1O)CC1C=C(Cl)C=C(Cl)C1. The van der Waals surface area contributed by atoms with Crippen molar-refractivity contribution in [3.05, 3.63) is 45.5 Å². The Morgan fingerprint density at radius 1 is 1.12 bits per heavy atom. The van der Waals surface area contributed by atoms with E-state index in [1.54, 1.807) is 0 Å². The fourth-order valence-corrected chi connectivity index (χ4v) is 4.92. The van der Waals surface area contributed by atoms with Crippen LogP contribution < -0.4 is 0 Å². The van der Waals surface area contributed by atoms with E-state index in [4.69, 9.17) is 28.2 Å². The van der Waals surface area contributed by atoms with E-state index in [0.717, 1.165) is 35.1 Å². The van der Waals surface area contributed by atoms with Crippen molar-refractivity contribution in [2.45, 2.75) is 74.0 Å². The van der Waals surface area contributed by atoms with Crippen molar-refractivity contribution in [2.75, 3.05) is 19.6 Å². The van der Waals surface area contributed by atoms with Gasteiger partial charge < -0.3 is 5.11 Å². The minimum absolute atomic E-state index is 0.0256. The Kier molecular flexibility index (Phi) is 9.44. The average molecular weight is 482 g/mol. The number of aliphatic imine (C=N–C) groups is 1. The first-order valence-electron chi connectivity index (χ1n) is 11.8. The molecule has 0 aromatic heterocycles. The lowest BCUT2D eigenvalue weighted by molar-refractivity contribution is 0.100. The van der Waals surface area contributed by atoms with Gasteiger partial charge in [-0.1, -0.05) is 83.0 Å². The van der Waals surface area contributed by atoms with Gasteiger partial charge in [0.25, 0.3) is 0 Å². The van der Waals surface area contributed by atoms with Crippen molar-refractivity contribution in [1.29, 1.82) is 0 Å². The molecule has 3 nitrogen and oxygen atoms in total. The van der Waals surface area contributed by atoms with Gasteiger partial charge in [0.05, 0.1) is 12.6 Å². The highest BCUT2D eigenvalue weighted by Gasteiger charge is 2.35. The first-order valence-corrected chi connectivity index (χ1v) is 12.5. The van der Waals surface area contributed by atoms with Gasteiger partial charge in [-0.25, -0.2) is 0 Å². The molecule has 3 unspecified atom stereocenters. The lowest BCUT2D eigenvalue weighted by Crippen LogP contribution is -2.37. The average Bonchev–Trinajstić information content (AvgIpc) is 2.62. The third-order valence-electron chi connectivity index (χ3n) is 6.33. The van der Waals surface area contributed by atoms with Gasteiger partial charge in [-0.15, -0.1) is 0 Å². The second-order valence-electron chi connectivity index (χ2n) is 11.6. The van der Waals surface area contributed by atoms with E-state index in [9.17, 15) is 5.11 Å². The van der Waals surface area contributed by atoms with E-state index in [1.807, 2.05) is 12.3 Å². The summed E-state index contributed by atoms with van der Waals surface area (Å²) >= 11 is 12.4. The molecule has 32 heavy (non-hydrogen) atoms. The van der Waals surface area contributed by atoms with E-state index in [-0.39, 0.29) is 16.7 Å². The quantitative estimate of drug-likeness (QED) is 0.399. The van der Waals surface area contributed by atoms with Gasteiger partial charge in [0, 0.05) is 41.3 Å². The maximum absolute atomic E-state index is 11.1. The van der Waals surface area contributed by atoms with Crippen LogP contribution in [0, 0.1) is 22.7 Å². The summed E-state index contributed by atoms with van der Waals surface area (Å²) in [4.78, 5) is 7.14. The number of hydrogen-bond acceptors (Lipinski definition) is 3. The van der Waals surface area contributed by atoms with Crippen LogP contribution in [0.4, 0.5) is 0 Å². The molecule has 0 aromatic rings. The molecule has 0 fully saturated rings. The Balaban J connectivity index is 2.07. The minimum atomic E-state index is -0.533. The smallest absolute Gasteiger partial charge is 0.0872 e. The Labute approximate surface area is 206 Å². The Morgan fingerprint density at radius 3 is 2.31 bits per heavy atom. The molecular weight excluding hydrogens is 439 g/mol. The van der Waals surface area contributed by atoms with Crippen LogP contribution in [-0.4, -0.2) is 48.0 Å². The number of hydrogen-bond donors (Lipinski definition) is 1. The van der Waals surface area contributed by atoms with Gasteiger partial charge in [-0.2, -0.15) is 0 Å². The van der Waals surface area contributed by atoms with Crippen LogP contribution in [0.3, 0.4) is 0 Å². The number of aliphatic hydroxyl groups excluding tert-OH is 1. The summed E-state index contributed by atoms with van der Waals surface area (Å²) in [6.07, 6.45) is 10.5. The first-order chi connectivity index (χ1) is 14.7. The van der Waals surface area contributed by atoms with E-state index < -0.39 is 6.10 Å². The molecule has 5 heteroatoms. The summed E-state index contributed by atoms with van der Waals surface area (Å²) < 4.78 is 0. The predicted molar refractivity (Wildman–Crippen MR) is 141 cm³/mol. The maximum atomic E-state index is 11.1. The molecule has 0 amide bonds. The van der Waals surface area contributed by atoms with Gasteiger partial charge >= 0.3 is 0 Å². The fraction of sp³-hybridized carbons (Fsp3) is 0.667. The monoisotopic (exact) mass is 480 g/mol. The zero-order valence-corrected chi connectivity index (χ0v) is 22.6. The lowest BCUT2D eigenvalue weighted by atomic mass is 9.69. The standard InChI is InChI=1S/C27H42Cl2N2O/c1-18(2)31(17-19-11-22(28)15-23(29)12-19)10-9-30-16-20-13-21(26(3,4)5)14-24(25(20)32)27(6,7)8/h11,13-16,18-19,24-25,32H,9-10,12,17H2,1-8H3/b30-16+. The highest BCUT2D eigenvalue weighted by Crippen LogP contribution is 2.40. The van der Waals surface area contributed by atoms with Crippen molar-refractivity contribution in [3.63, 3.8) is 0 Å². The van der Waals surface area contributed by atoms with Crippen LogP contribution in [-0.2, 0) is 0 Å². The predicted octanol–water partition coefficient (Wildman–Crippen LogP) is 6.97. The highest BCUT2D eigenvalue weighted by atomic mass is 35.5. The molecular formula is C27H42Cl2N2O. The Bertz CT molecular complexity index is 806. The van der Waals surface area contributed by atoms with E-state index in [1.165, 1.54) is 5.57 Å². The molecule has 0 saturated carbocycles. The summed E-state index contributed by atoms with van der Waals surface area (Å²) in [6, 6.07) is 0.405. The number of rotatable bonds is 7. The first kappa shape index (κ1) is 27.4. The van der Waals surface area contributed by atoms with Crippen molar-refractivity contribution in [1.82, 2.24) is 4.90 Å². The van der Waals surface area contributed by atoms with Crippen LogP contribution in [0.2, 0.25) is 0 Å². The highest BCUT2D eigenvalue weighted by molar-refractivity contribution is 6.34. The minimum Gasteiger partial charge on any atom is -0.388 e. The molecule has 180 valence electrons. The van der Waals surface area contributed by atoms with Crippen LogP contribution >= 0.6 is 23.2 Å². The molecule has 2 aliphatic carbocycles. The third kappa shape index (κ3) is 7.87. The van der Waals surface area contributed by atoms with Crippen LogP contribution in [0.15, 0.2) is 50.5 Å². The van der Waals surface area contributed by atoms with E-state index in [0.29, 0.717) is 18.5 Å². The van der Waals surface area contributed by atoms with Crippen LogP contribution in [0.25, 0.3) is 0 Å². The van der Waals surface area contributed by atoms with Crippen molar-refractivity contribution < 1.29 is 5.11 Å². The second-order valence-corrected chi connectivity index (χ2v) is 12.5. The van der Waals surface area contributed by atoms with Crippen molar-refractivity contribution in [3.8, 4) is 0 Å². The summed E-state index contributed by atoms with van der Waals surface area (Å²) in [5, 5.41) is 12.6. The molecule has 0 heterocycles. The van der Waals surface area contributed by atoms with Crippen LogP contribution in [0.5, 0.6) is 0 Å². The molecule has 0 bridgehead atoms. The third-order valence-corrected chi connectivity index (χ3v) is 6.83. The van der Waals surface area contributed by atoms with Gasteiger partial charge in [0.15, 0.2) is 0 Å². The summed E-state index contributed by atoms with van der Waals surface area (Å²) in [6.45, 7) is 20.1. The van der Waals surface area contributed by atoms with E-state index >= 15 is 0 Å². The molecule has 0 saturated heterocycles. The van der Waals surface area contributed by atoms with Gasteiger partial charge in [0.1, 0.15) is 0 Å². The zero-order valence-electron chi connectivity index (χ0n) is 21.1. The number of nitrogens with zero attached hydrogens (tertiary/aromatic N) is 2. The number of halogens is 2. The zero-order chi connectivity index (χ0) is 24.3. The molecule has 0 spiro atoms. The number of aliphatic hydroxyl groups is 1. The normalized spacial score (nSPS) is 25.2. The summed E-state index contributed by atoms with van der Waals surface area (Å²) in [7, 11) is 0. The van der Waals surface area contributed by atoms with Gasteiger partial charge in [0.2, 0.25) is 0 Å². The summed E-state index contributed by atoms with van der Waals surface area (Å²) in [5.41, 5.74) is 2.18. The number of allylic oxidation sites excluding steroid dienone is 5. The Hall–Kier alpha value is -0.870. The molecule has 1 N–H and O–H groups in total. The molecule has 0 radical (unpaired) electrons. The summed E-state index contributed by atoms with van der Waals surface area (Å²) in [5.74, 6) is 0.386. The maximum Gasteiger partial charge on any atom is 0.0872 e. The molecule has 0 aliphatic heterocycles. The fourth-order valence-electron chi connectivity index (χ4n) is 4.23. The molecule has 2 aliphatic rings. The van der Waals surface area contributed by atoms with Crippen LogP contribution in [0.1, 0.15) is 61.8 Å². The van der Waals surface area contributed by atoms with Gasteiger partial charge in [-0.3, -0.25) is 9.89 Å².